The Hall–Kier alpha value is -2.18. The van der Waals surface area contributed by atoms with E-state index in [0.29, 0.717) is 5.82 Å². The molecule has 1 heterocycles. The molecule has 0 saturated heterocycles. The Balaban J connectivity index is 3.19. The molecule has 0 saturated carbocycles. The number of aromatic nitrogens is 1. The van der Waals surface area contributed by atoms with E-state index in [1.54, 1.807) is 0 Å². The van der Waals surface area contributed by atoms with Crippen molar-refractivity contribution in [3.63, 3.8) is 0 Å². The molecule has 0 unspecified atom stereocenters. The van der Waals surface area contributed by atoms with Gasteiger partial charge in [-0.2, -0.15) is 0 Å². The highest BCUT2D eigenvalue weighted by molar-refractivity contribution is 5.93. The van der Waals surface area contributed by atoms with Crippen LogP contribution in [0, 0.1) is 10.1 Å². The zero-order valence-electron chi connectivity index (χ0n) is 11.8. The third kappa shape index (κ3) is 3.23. The Kier molecular flexibility index (Phi) is 5.01. The van der Waals surface area contributed by atoms with Crippen molar-refractivity contribution in [1.29, 1.82) is 0 Å². The van der Waals surface area contributed by atoms with Crippen molar-refractivity contribution >= 4 is 17.5 Å². The number of hydrogen-bond donors (Lipinski definition) is 2. The van der Waals surface area contributed by atoms with Gasteiger partial charge in [-0.25, -0.2) is 9.78 Å². The number of hydrogen-bond acceptors (Lipinski definition) is 5. The molecule has 0 aliphatic rings. The van der Waals surface area contributed by atoms with Gasteiger partial charge in [0.2, 0.25) is 0 Å². The number of nitro groups is 1. The summed E-state index contributed by atoms with van der Waals surface area (Å²) in [6, 6.07) is 1.22. The summed E-state index contributed by atoms with van der Waals surface area (Å²) >= 11 is 0. The van der Waals surface area contributed by atoms with Crippen molar-refractivity contribution in [1.82, 2.24) is 4.98 Å². The van der Waals surface area contributed by atoms with Crippen LogP contribution in [0.5, 0.6) is 0 Å². The average molecular weight is 281 g/mol. The van der Waals surface area contributed by atoms with Crippen LogP contribution in [0.1, 0.15) is 50.4 Å². The normalized spacial score (nSPS) is 11.2. The molecule has 7 nitrogen and oxygen atoms in total. The summed E-state index contributed by atoms with van der Waals surface area (Å²) in [5.41, 5.74) is -1.04. The van der Waals surface area contributed by atoms with E-state index in [0.717, 1.165) is 25.5 Å². The molecule has 0 fully saturated rings. The van der Waals surface area contributed by atoms with Gasteiger partial charge in [-0.05, 0) is 19.3 Å². The van der Waals surface area contributed by atoms with Crippen LogP contribution in [0.4, 0.5) is 11.5 Å². The van der Waals surface area contributed by atoms with Crippen LogP contribution in [0.15, 0.2) is 12.3 Å². The lowest BCUT2D eigenvalue weighted by atomic mass is 9.90. The van der Waals surface area contributed by atoms with Gasteiger partial charge in [0.1, 0.15) is 17.6 Å². The molecule has 0 bridgehead atoms. The van der Waals surface area contributed by atoms with E-state index in [1.165, 1.54) is 6.07 Å². The van der Waals surface area contributed by atoms with E-state index in [9.17, 15) is 14.9 Å². The minimum Gasteiger partial charge on any atom is -0.477 e. The first-order chi connectivity index (χ1) is 9.39. The smallest absolute Gasteiger partial charge is 0.342 e. The summed E-state index contributed by atoms with van der Waals surface area (Å²) in [4.78, 5) is 25.1. The Labute approximate surface area is 117 Å². The summed E-state index contributed by atoms with van der Waals surface area (Å²) in [7, 11) is 0. The van der Waals surface area contributed by atoms with Crippen LogP contribution >= 0.6 is 0 Å². The maximum atomic E-state index is 11.1. The van der Waals surface area contributed by atoms with Crippen LogP contribution in [0.2, 0.25) is 0 Å². The fourth-order valence-corrected chi connectivity index (χ4v) is 2.12. The Bertz CT molecular complexity index is 504. The SMILES string of the molecule is CCC(CC)(CC)Nc1cc(C(=O)O)c([N+](=O)[O-])cn1. The fourth-order valence-electron chi connectivity index (χ4n) is 2.12. The second-order valence-electron chi connectivity index (χ2n) is 4.61. The van der Waals surface area contributed by atoms with E-state index >= 15 is 0 Å². The highest BCUT2D eigenvalue weighted by Crippen LogP contribution is 2.27. The Morgan fingerprint density at radius 3 is 2.35 bits per heavy atom. The van der Waals surface area contributed by atoms with E-state index in [4.69, 9.17) is 5.11 Å². The van der Waals surface area contributed by atoms with Crippen molar-refractivity contribution in [2.45, 2.75) is 45.6 Å². The van der Waals surface area contributed by atoms with Gasteiger partial charge in [-0.1, -0.05) is 20.8 Å². The number of carbonyl (C=O) groups is 1. The van der Waals surface area contributed by atoms with Crippen molar-refractivity contribution in [2.75, 3.05) is 5.32 Å². The summed E-state index contributed by atoms with van der Waals surface area (Å²) < 4.78 is 0. The van der Waals surface area contributed by atoms with E-state index in [2.05, 4.69) is 10.3 Å². The molecule has 7 heteroatoms. The zero-order valence-corrected chi connectivity index (χ0v) is 11.8. The molecule has 0 radical (unpaired) electrons. The van der Waals surface area contributed by atoms with Crippen molar-refractivity contribution in [3.05, 3.63) is 27.9 Å². The number of nitrogens with one attached hydrogen (secondary N) is 1. The summed E-state index contributed by atoms with van der Waals surface area (Å²) in [5.74, 6) is -0.990. The van der Waals surface area contributed by atoms with E-state index < -0.39 is 16.6 Å². The molecule has 0 aromatic carbocycles. The predicted molar refractivity (Wildman–Crippen MR) is 75.1 cm³/mol. The first kappa shape index (κ1) is 15.9. The molecular formula is C13H19N3O4. The molecule has 0 spiro atoms. The number of carboxylic acid groups (broad SMARTS) is 1. The maximum Gasteiger partial charge on any atom is 0.342 e. The third-order valence-corrected chi connectivity index (χ3v) is 3.73. The largest absolute Gasteiger partial charge is 0.477 e. The van der Waals surface area contributed by atoms with Gasteiger partial charge in [-0.3, -0.25) is 10.1 Å². The van der Waals surface area contributed by atoms with Crippen molar-refractivity contribution in [3.8, 4) is 0 Å². The summed E-state index contributed by atoms with van der Waals surface area (Å²) in [6.07, 6.45) is 3.53. The lowest BCUT2D eigenvalue weighted by Gasteiger charge is -2.32. The molecule has 1 aromatic heterocycles. The molecule has 110 valence electrons. The van der Waals surface area contributed by atoms with Crippen molar-refractivity contribution in [2.24, 2.45) is 0 Å². The summed E-state index contributed by atoms with van der Waals surface area (Å²) in [6.45, 7) is 6.09. The zero-order chi connectivity index (χ0) is 15.3. The highest BCUT2D eigenvalue weighted by Gasteiger charge is 2.26. The molecule has 2 N–H and O–H groups in total. The lowest BCUT2D eigenvalue weighted by Crippen LogP contribution is -2.36. The van der Waals surface area contributed by atoms with Gasteiger partial charge in [-0.15, -0.1) is 0 Å². The van der Waals surface area contributed by atoms with Gasteiger partial charge in [0.05, 0.1) is 4.92 Å². The second-order valence-corrected chi connectivity index (χ2v) is 4.61. The molecule has 0 atom stereocenters. The predicted octanol–water partition coefficient (Wildman–Crippen LogP) is 3.07. The Morgan fingerprint density at radius 2 is 1.95 bits per heavy atom. The maximum absolute atomic E-state index is 11.1. The number of anilines is 1. The number of pyridine rings is 1. The molecular weight excluding hydrogens is 262 g/mol. The van der Waals surface area contributed by atoms with Crippen molar-refractivity contribution < 1.29 is 14.8 Å². The second kappa shape index (κ2) is 6.31. The number of rotatable bonds is 7. The average Bonchev–Trinajstić information content (AvgIpc) is 2.44. The molecule has 0 amide bonds. The van der Waals surface area contributed by atoms with Gasteiger partial charge in [0, 0.05) is 11.6 Å². The lowest BCUT2D eigenvalue weighted by molar-refractivity contribution is -0.385. The molecule has 0 aliphatic heterocycles. The van der Waals surface area contributed by atoms with E-state index in [-0.39, 0.29) is 11.1 Å². The van der Waals surface area contributed by atoms with E-state index in [1.807, 2.05) is 20.8 Å². The number of nitrogens with zero attached hydrogens (tertiary/aromatic N) is 2. The highest BCUT2D eigenvalue weighted by atomic mass is 16.6. The topological polar surface area (TPSA) is 105 Å². The minimum atomic E-state index is -1.34. The third-order valence-electron chi connectivity index (χ3n) is 3.73. The van der Waals surface area contributed by atoms with Crippen LogP contribution in [-0.4, -0.2) is 26.5 Å². The van der Waals surface area contributed by atoms with Crippen LogP contribution in [0.25, 0.3) is 0 Å². The molecule has 0 aliphatic carbocycles. The van der Waals surface area contributed by atoms with Gasteiger partial charge >= 0.3 is 11.7 Å². The monoisotopic (exact) mass is 281 g/mol. The molecule has 1 aromatic rings. The minimum absolute atomic E-state index is 0.182. The molecule has 1 rings (SSSR count). The first-order valence-electron chi connectivity index (χ1n) is 6.55. The van der Waals surface area contributed by atoms with Crippen LogP contribution < -0.4 is 5.32 Å². The quantitative estimate of drug-likeness (QED) is 0.587. The van der Waals surface area contributed by atoms with Crippen LogP contribution in [0.3, 0.4) is 0 Å². The molecule has 20 heavy (non-hydrogen) atoms. The number of aromatic carboxylic acids is 1. The van der Waals surface area contributed by atoms with Gasteiger partial charge in [0.15, 0.2) is 0 Å². The van der Waals surface area contributed by atoms with Gasteiger partial charge < -0.3 is 10.4 Å². The van der Waals surface area contributed by atoms with Crippen LogP contribution in [-0.2, 0) is 0 Å². The standard InChI is InChI=1S/C13H19N3O4/c1-4-13(5-2,6-3)15-11-7-9(12(17)18)10(8-14-11)16(19)20/h7-8H,4-6H2,1-3H3,(H,14,15)(H,17,18). The Morgan fingerprint density at radius 1 is 1.40 bits per heavy atom. The number of carboxylic acids is 1. The summed E-state index contributed by atoms with van der Waals surface area (Å²) in [5, 5.41) is 23.0. The first-order valence-corrected chi connectivity index (χ1v) is 6.55. The van der Waals surface area contributed by atoms with Gasteiger partial charge in [0.25, 0.3) is 0 Å². The fraction of sp³-hybridized carbons (Fsp3) is 0.538.